The van der Waals surface area contributed by atoms with Crippen LogP contribution in [-0.2, 0) is 0 Å². The highest BCUT2D eigenvalue weighted by Crippen LogP contribution is 2.24. The molecule has 0 radical (unpaired) electrons. The van der Waals surface area contributed by atoms with E-state index in [1.807, 2.05) is 20.8 Å². The second-order valence-electron chi connectivity index (χ2n) is 6.33. The largest absolute Gasteiger partial charge is 0.392 e. The van der Waals surface area contributed by atoms with Crippen molar-refractivity contribution in [2.75, 3.05) is 6.54 Å². The van der Waals surface area contributed by atoms with Crippen LogP contribution in [0, 0.1) is 16.0 Å². The van der Waals surface area contributed by atoms with Crippen molar-refractivity contribution in [2.24, 2.45) is 5.92 Å². The molecule has 8 heteroatoms. The number of nitro benzene ring substituents is 1. The van der Waals surface area contributed by atoms with Gasteiger partial charge in [-0.2, -0.15) is 4.98 Å². The molecule has 0 aliphatic carbocycles. The molecule has 2 atom stereocenters. The van der Waals surface area contributed by atoms with E-state index in [2.05, 4.69) is 15.5 Å². The molecular weight excluding hydrogens is 324 g/mol. The van der Waals surface area contributed by atoms with E-state index < -0.39 is 11.0 Å². The number of rotatable bonds is 9. The summed E-state index contributed by atoms with van der Waals surface area (Å²) >= 11 is 0. The number of hydrogen-bond donors (Lipinski definition) is 2. The lowest BCUT2D eigenvalue weighted by Crippen LogP contribution is -2.33. The molecule has 0 aliphatic rings. The predicted octanol–water partition coefficient (Wildman–Crippen LogP) is 3.09. The zero-order chi connectivity index (χ0) is 18.4. The van der Waals surface area contributed by atoms with E-state index >= 15 is 0 Å². The summed E-state index contributed by atoms with van der Waals surface area (Å²) in [5.74, 6) is 1.01. The number of nitro groups is 1. The normalized spacial score (nSPS) is 13.8. The Morgan fingerprint density at radius 1 is 1.32 bits per heavy atom. The summed E-state index contributed by atoms with van der Waals surface area (Å²) in [6, 6.07) is 5.83. The van der Waals surface area contributed by atoms with Crippen molar-refractivity contribution >= 4 is 5.69 Å². The van der Waals surface area contributed by atoms with E-state index in [0.29, 0.717) is 23.8 Å². The van der Waals surface area contributed by atoms with Crippen LogP contribution in [0.1, 0.15) is 45.5 Å². The number of aliphatic hydroxyl groups is 1. The molecule has 136 valence electrons. The molecule has 0 spiro atoms. The van der Waals surface area contributed by atoms with Crippen molar-refractivity contribution in [2.45, 2.75) is 45.8 Å². The first-order chi connectivity index (χ1) is 11.9. The van der Waals surface area contributed by atoms with Gasteiger partial charge in [-0.25, -0.2) is 0 Å². The quantitative estimate of drug-likeness (QED) is 0.528. The van der Waals surface area contributed by atoms with Crippen molar-refractivity contribution in [3.05, 3.63) is 40.3 Å². The predicted molar refractivity (Wildman–Crippen MR) is 92.9 cm³/mol. The molecule has 0 bridgehead atoms. The lowest BCUT2D eigenvalue weighted by atomic mass is 10.0. The van der Waals surface area contributed by atoms with E-state index in [9.17, 15) is 15.2 Å². The first kappa shape index (κ1) is 19.0. The van der Waals surface area contributed by atoms with Crippen LogP contribution in [-0.4, -0.2) is 32.8 Å². The van der Waals surface area contributed by atoms with E-state index in [0.717, 1.165) is 12.8 Å². The van der Waals surface area contributed by atoms with Crippen molar-refractivity contribution < 1.29 is 14.6 Å². The number of nitrogens with one attached hydrogen (secondary N) is 1. The van der Waals surface area contributed by atoms with Gasteiger partial charge in [0.2, 0.25) is 11.7 Å². The van der Waals surface area contributed by atoms with Gasteiger partial charge in [-0.3, -0.25) is 10.1 Å². The van der Waals surface area contributed by atoms with Crippen LogP contribution in [0.25, 0.3) is 11.4 Å². The van der Waals surface area contributed by atoms with Crippen LogP contribution in [0.4, 0.5) is 5.69 Å². The standard InChI is InChI=1S/C17H24N4O4/c1-4-5-14(22)10-18-15(11(2)3)17-19-16(20-25-17)12-6-8-13(9-7-12)21(23)24/h6-9,11,14-15,18,22H,4-5,10H2,1-3H3/t14-,15+/m1/s1. The molecule has 1 heterocycles. The Bertz CT molecular complexity index is 684. The summed E-state index contributed by atoms with van der Waals surface area (Å²) in [6.07, 6.45) is 1.23. The number of hydrogen-bond acceptors (Lipinski definition) is 7. The summed E-state index contributed by atoms with van der Waals surface area (Å²) in [5, 5.41) is 27.9. The van der Waals surface area contributed by atoms with Gasteiger partial charge in [0.25, 0.3) is 5.69 Å². The van der Waals surface area contributed by atoms with Gasteiger partial charge in [0, 0.05) is 24.2 Å². The summed E-state index contributed by atoms with van der Waals surface area (Å²) < 4.78 is 5.37. The first-order valence-corrected chi connectivity index (χ1v) is 8.42. The van der Waals surface area contributed by atoms with Crippen LogP contribution in [0.3, 0.4) is 0 Å². The van der Waals surface area contributed by atoms with Gasteiger partial charge in [0.15, 0.2) is 0 Å². The highest BCUT2D eigenvalue weighted by molar-refractivity contribution is 5.56. The highest BCUT2D eigenvalue weighted by atomic mass is 16.6. The zero-order valence-corrected chi connectivity index (χ0v) is 14.7. The minimum absolute atomic E-state index is 0.0131. The maximum absolute atomic E-state index is 10.7. The third-order valence-corrected chi connectivity index (χ3v) is 3.91. The molecule has 0 aliphatic heterocycles. The topological polar surface area (TPSA) is 114 Å². The Balaban J connectivity index is 2.12. The number of benzene rings is 1. The van der Waals surface area contributed by atoms with E-state index in [-0.39, 0.29) is 17.6 Å². The molecule has 2 N–H and O–H groups in total. The Kier molecular flexibility index (Phi) is 6.60. The number of aromatic nitrogens is 2. The smallest absolute Gasteiger partial charge is 0.269 e. The number of non-ortho nitro benzene ring substituents is 1. The van der Waals surface area contributed by atoms with Gasteiger partial charge in [0.05, 0.1) is 17.1 Å². The second-order valence-corrected chi connectivity index (χ2v) is 6.33. The monoisotopic (exact) mass is 348 g/mol. The maximum atomic E-state index is 10.7. The Hall–Kier alpha value is -2.32. The summed E-state index contributed by atoms with van der Waals surface area (Å²) in [5.41, 5.74) is 0.660. The molecule has 0 unspecified atom stereocenters. The summed E-state index contributed by atoms with van der Waals surface area (Å²) in [6.45, 7) is 6.53. The average Bonchev–Trinajstić information content (AvgIpc) is 3.04. The molecule has 0 fully saturated rings. The highest BCUT2D eigenvalue weighted by Gasteiger charge is 2.23. The van der Waals surface area contributed by atoms with Crippen LogP contribution in [0.5, 0.6) is 0 Å². The fraction of sp³-hybridized carbons (Fsp3) is 0.529. The molecule has 0 saturated heterocycles. The lowest BCUT2D eigenvalue weighted by Gasteiger charge is -2.20. The maximum Gasteiger partial charge on any atom is 0.269 e. The van der Waals surface area contributed by atoms with Gasteiger partial charge < -0.3 is 14.9 Å². The second kappa shape index (κ2) is 8.68. The fourth-order valence-electron chi connectivity index (χ4n) is 2.52. The SMILES string of the molecule is CCC[C@@H](O)CN[C@H](c1nc(-c2ccc([N+](=O)[O-])cc2)no1)C(C)C. The minimum Gasteiger partial charge on any atom is -0.392 e. The molecule has 1 aromatic carbocycles. The molecule has 25 heavy (non-hydrogen) atoms. The first-order valence-electron chi connectivity index (χ1n) is 8.42. The molecule has 0 amide bonds. The van der Waals surface area contributed by atoms with Crippen LogP contribution >= 0.6 is 0 Å². The minimum atomic E-state index is -0.453. The summed E-state index contributed by atoms with van der Waals surface area (Å²) in [7, 11) is 0. The van der Waals surface area contributed by atoms with Gasteiger partial charge in [-0.05, 0) is 24.5 Å². The molecule has 0 saturated carbocycles. The van der Waals surface area contributed by atoms with Gasteiger partial charge in [-0.15, -0.1) is 0 Å². The lowest BCUT2D eigenvalue weighted by molar-refractivity contribution is -0.384. The third-order valence-electron chi connectivity index (χ3n) is 3.91. The fourth-order valence-corrected chi connectivity index (χ4v) is 2.52. The zero-order valence-electron chi connectivity index (χ0n) is 14.7. The van der Waals surface area contributed by atoms with Gasteiger partial charge >= 0.3 is 0 Å². The van der Waals surface area contributed by atoms with E-state index in [4.69, 9.17) is 4.52 Å². The molecule has 1 aromatic heterocycles. The van der Waals surface area contributed by atoms with Crippen LogP contribution in [0.2, 0.25) is 0 Å². The van der Waals surface area contributed by atoms with Crippen LogP contribution < -0.4 is 5.32 Å². The van der Waals surface area contributed by atoms with E-state index in [1.54, 1.807) is 12.1 Å². The van der Waals surface area contributed by atoms with Crippen molar-refractivity contribution in [1.82, 2.24) is 15.5 Å². The molecule has 2 aromatic rings. The number of nitrogens with zero attached hydrogens (tertiary/aromatic N) is 3. The molecule has 8 nitrogen and oxygen atoms in total. The molecule has 2 rings (SSSR count). The van der Waals surface area contributed by atoms with Gasteiger partial charge in [0.1, 0.15) is 0 Å². The van der Waals surface area contributed by atoms with Crippen LogP contribution in [0.15, 0.2) is 28.8 Å². The van der Waals surface area contributed by atoms with Crippen molar-refractivity contribution in [3.8, 4) is 11.4 Å². The van der Waals surface area contributed by atoms with Crippen molar-refractivity contribution in [1.29, 1.82) is 0 Å². The average molecular weight is 348 g/mol. The Labute approximate surface area is 146 Å². The summed E-state index contributed by atoms with van der Waals surface area (Å²) in [4.78, 5) is 14.7. The van der Waals surface area contributed by atoms with Crippen molar-refractivity contribution in [3.63, 3.8) is 0 Å². The third kappa shape index (κ3) is 5.07. The molecular formula is C17H24N4O4. The Morgan fingerprint density at radius 2 is 2.00 bits per heavy atom. The Morgan fingerprint density at radius 3 is 2.56 bits per heavy atom. The van der Waals surface area contributed by atoms with Gasteiger partial charge in [-0.1, -0.05) is 32.3 Å². The van der Waals surface area contributed by atoms with E-state index in [1.165, 1.54) is 12.1 Å². The number of aliphatic hydroxyl groups excluding tert-OH is 1.